The first kappa shape index (κ1) is 21.0. The van der Waals surface area contributed by atoms with E-state index >= 15 is 0 Å². The van der Waals surface area contributed by atoms with Crippen LogP contribution in [0.25, 0.3) is 0 Å². The summed E-state index contributed by atoms with van der Waals surface area (Å²) < 4.78 is 5.64. The van der Waals surface area contributed by atoms with E-state index in [4.69, 9.17) is 4.74 Å². The van der Waals surface area contributed by atoms with Gasteiger partial charge in [0.15, 0.2) is 5.96 Å². The second kappa shape index (κ2) is 8.48. The van der Waals surface area contributed by atoms with Crippen molar-refractivity contribution in [2.45, 2.75) is 82.5 Å². The van der Waals surface area contributed by atoms with Crippen LogP contribution in [-0.2, 0) is 4.74 Å². The molecule has 0 aromatic heterocycles. The molecule has 1 saturated carbocycles. The first-order chi connectivity index (χ1) is 14.3. The molecule has 3 fully saturated rings. The average molecular weight is 413 g/mol. The third-order valence-electron chi connectivity index (χ3n) is 6.58. The minimum absolute atomic E-state index is 0.156. The van der Waals surface area contributed by atoms with Crippen molar-refractivity contribution in [3.8, 4) is 0 Å². The van der Waals surface area contributed by atoms with Crippen LogP contribution < -0.4 is 10.6 Å². The van der Waals surface area contributed by atoms with Crippen molar-refractivity contribution >= 4 is 12.1 Å². The normalized spacial score (nSPS) is 30.7. The van der Waals surface area contributed by atoms with E-state index in [0.717, 1.165) is 38.2 Å². The molecule has 0 radical (unpaired) electrons. The maximum Gasteiger partial charge on any atom is 0.410 e. The molecule has 164 valence electrons. The predicted octanol–water partition coefficient (Wildman–Crippen LogP) is 3.89. The first-order valence-corrected chi connectivity index (χ1v) is 11.4. The van der Waals surface area contributed by atoms with E-state index < -0.39 is 5.60 Å². The number of nitrogens with zero attached hydrogens (tertiary/aromatic N) is 2. The molecule has 4 rings (SSSR count). The topological polar surface area (TPSA) is 66.0 Å². The Hall–Kier alpha value is -2.24. The number of rotatable bonds is 4. The lowest BCUT2D eigenvalue weighted by Gasteiger charge is -2.40. The number of carbonyl (C=O) groups is 1. The Morgan fingerprint density at radius 1 is 1.13 bits per heavy atom. The quantitative estimate of drug-likeness (QED) is 0.582. The minimum Gasteiger partial charge on any atom is -0.444 e. The Balaban J connectivity index is 1.25. The largest absolute Gasteiger partial charge is 0.444 e. The fraction of sp³-hybridized carbons (Fsp3) is 0.667. The third kappa shape index (κ3) is 4.90. The molecular formula is C24H36N4O2. The van der Waals surface area contributed by atoms with Crippen molar-refractivity contribution in [3.63, 3.8) is 0 Å². The van der Waals surface area contributed by atoms with Gasteiger partial charge in [0.05, 0.1) is 0 Å². The molecule has 3 aliphatic rings. The Bertz CT molecular complexity index is 759. The number of nitrogens with one attached hydrogen (secondary N) is 2. The van der Waals surface area contributed by atoms with Gasteiger partial charge >= 0.3 is 6.09 Å². The lowest BCUT2D eigenvalue weighted by atomic mass is 9.98. The van der Waals surface area contributed by atoms with E-state index in [2.05, 4.69) is 46.0 Å². The molecule has 2 N–H and O–H groups in total. The van der Waals surface area contributed by atoms with Gasteiger partial charge in [0, 0.05) is 31.7 Å². The van der Waals surface area contributed by atoms with Gasteiger partial charge < -0.3 is 20.3 Å². The van der Waals surface area contributed by atoms with Crippen molar-refractivity contribution in [1.82, 2.24) is 15.5 Å². The summed E-state index contributed by atoms with van der Waals surface area (Å²) in [6, 6.07) is 11.6. The number of fused-ring (bicyclic) bond motifs is 2. The number of guanidine groups is 1. The summed E-state index contributed by atoms with van der Waals surface area (Å²) in [5, 5.41) is 7.14. The van der Waals surface area contributed by atoms with Crippen LogP contribution in [0.4, 0.5) is 4.79 Å². The predicted molar refractivity (Wildman–Crippen MR) is 120 cm³/mol. The molecule has 2 heterocycles. The molecule has 0 spiro atoms. The van der Waals surface area contributed by atoms with Crippen LogP contribution in [0.5, 0.6) is 0 Å². The van der Waals surface area contributed by atoms with E-state index in [0.29, 0.717) is 17.9 Å². The summed E-state index contributed by atoms with van der Waals surface area (Å²) in [7, 11) is 1.83. The second-order valence-electron chi connectivity index (χ2n) is 10.1. The summed E-state index contributed by atoms with van der Waals surface area (Å²) in [5.74, 6) is 2.23. The van der Waals surface area contributed by atoms with E-state index in [1.54, 1.807) is 0 Å². The summed E-state index contributed by atoms with van der Waals surface area (Å²) in [6.07, 6.45) is 5.12. The van der Waals surface area contributed by atoms with Crippen LogP contribution in [-0.4, -0.2) is 54.3 Å². The van der Waals surface area contributed by atoms with E-state index in [1.807, 2.05) is 32.7 Å². The number of carbonyl (C=O) groups excluding carboxylic acids is 1. The van der Waals surface area contributed by atoms with Gasteiger partial charge in [-0.05, 0) is 70.3 Å². The highest BCUT2D eigenvalue weighted by Crippen LogP contribution is 2.46. The molecule has 6 heteroatoms. The molecule has 6 nitrogen and oxygen atoms in total. The monoisotopic (exact) mass is 412 g/mol. The molecule has 2 bridgehead atoms. The zero-order chi connectivity index (χ0) is 21.3. The maximum absolute atomic E-state index is 12.6. The van der Waals surface area contributed by atoms with Gasteiger partial charge in [-0.2, -0.15) is 0 Å². The Kier molecular flexibility index (Phi) is 5.94. The number of aliphatic imine (C=N–C) groups is 1. The van der Waals surface area contributed by atoms with Crippen molar-refractivity contribution in [2.24, 2.45) is 10.9 Å². The molecule has 1 amide bonds. The van der Waals surface area contributed by atoms with Crippen LogP contribution in [0.1, 0.15) is 64.4 Å². The minimum atomic E-state index is -0.446. The van der Waals surface area contributed by atoms with Gasteiger partial charge in [0.2, 0.25) is 0 Å². The SMILES string of the molecule is CN=C(NCC1CC1c1ccccc1)NC1CC2CCC(C1)N2C(=O)OC(C)(C)C. The molecule has 30 heavy (non-hydrogen) atoms. The number of hydrogen-bond donors (Lipinski definition) is 2. The van der Waals surface area contributed by atoms with Gasteiger partial charge in [-0.1, -0.05) is 30.3 Å². The number of benzene rings is 1. The highest BCUT2D eigenvalue weighted by atomic mass is 16.6. The van der Waals surface area contributed by atoms with E-state index in [9.17, 15) is 4.79 Å². The van der Waals surface area contributed by atoms with Gasteiger partial charge in [-0.15, -0.1) is 0 Å². The van der Waals surface area contributed by atoms with Crippen LogP contribution in [0.15, 0.2) is 35.3 Å². The van der Waals surface area contributed by atoms with E-state index in [-0.39, 0.29) is 18.2 Å². The lowest BCUT2D eigenvalue weighted by Crippen LogP contribution is -2.55. The third-order valence-corrected chi connectivity index (χ3v) is 6.58. The summed E-state index contributed by atoms with van der Waals surface area (Å²) >= 11 is 0. The number of ether oxygens (including phenoxy) is 1. The molecule has 2 aliphatic heterocycles. The molecule has 1 aromatic carbocycles. The highest BCUT2D eigenvalue weighted by molar-refractivity contribution is 5.80. The van der Waals surface area contributed by atoms with Crippen LogP contribution in [0, 0.1) is 5.92 Å². The van der Waals surface area contributed by atoms with Gasteiger partial charge in [0.1, 0.15) is 5.60 Å². The molecule has 4 unspecified atom stereocenters. The van der Waals surface area contributed by atoms with Gasteiger partial charge in [-0.3, -0.25) is 4.99 Å². The number of piperidine rings is 1. The number of hydrogen-bond acceptors (Lipinski definition) is 3. The Morgan fingerprint density at radius 2 is 1.80 bits per heavy atom. The zero-order valence-corrected chi connectivity index (χ0v) is 18.7. The standard InChI is InChI=1S/C24H36N4O2/c1-24(2,3)30-23(29)28-19-10-11-20(28)14-18(13-19)27-22(25-4)26-15-17-12-21(17)16-8-6-5-7-9-16/h5-9,17-21H,10-15H2,1-4H3,(H2,25,26,27). The summed E-state index contributed by atoms with van der Waals surface area (Å²) in [4.78, 5) is 19.1. The second-order valence-corrected chi connectivity index (χ2v) is 10.1. The molecule has 1 aromatic rings. The van der Waals surface area contributed by atoms with Crippen LogP contribution in [0.3, 0.4) is 0 Å². The van der Waals surface area contributed by atoms with Crippen molar-refractivity contribution in [2.75, 3.05) is 13.6 Å². The van der Waals surface area contributed by atoms with Gasteiger partial charge in [0.25, 0.3) is 0 Å². The maximum atomic E-state index is 12.6. The van der Waals surface area contributed by atoms with E-state index in [1.165, 1.54) is 12.0 Å². The zero-order valence-electron chi connectivity index (χ0n) is 18.7. The van der Waals surface area contributed by atoms with Crippen molar-refractivity contribution < 1.29 is 9.53 Å². The van der Waals surface area contributed by atoms with Crippen molar-refractivity contribution in [1.29, 1.82) is 0 Å². The molecule has 1 aliphatic carbocycles. The average Bonchev–Trinajstić information content (AvgIpc) is 3.42. The lowest BCUT2D eigenvalue weighted by molar-refractivity contribution is 0.00545. The fourth-order valence-electron chi connectivity index (χ4n) is 5.11. The van der Waals surface area contributed by atoms with Crippen molar-refractivity contribution in [3.05, 3.63) is 35.9 Å². The number of amides is 1. The molecular weight excluding hydrogens is 376 g/mol. The molecule has 4 atom stereocenters. The first-order valence-electron chi connectivity index (χ1n) is 11.4. The van der Waals surface area contributed by atoms with Gasteiger partial charge in [-0.25, -0.2) is 4.79 Å². The summed E-state index contributed by atoms with van der Waals surface area (Å²) in [6.45, 7) is 6.74. The Morgan fingerprint density at radius 3 is 2.40 bits per heavy atom. The van der Waals surface area contributed by atoms with Crippen LogP contribution >= 0.6 is 0 Å². The highest BCUT2D eigenvalue weighted by Gasteiger charge is 2.45. The van der Waals surface area contributed by atoms with Crippen LogP contribution in [0.2, 0.25) is 0 Å². The summed E-state index contributed by atoms with van der Waals surface area (Å²) in [5.41, 5.74) is 0.996. The smallest absolute Gasteiger partial charge is 0.410 e. The Labute approximate surface area is 180 Å². The fourth-order valence-corrected chi connectivity index (χ4v) is 5.11. The molecule has 2 saturated heterocycles.